The number of β-amino-alcohol motifs (C(OH)–C–C–N with tert-alkyl or cyclic N) is 1. The lowest BCUT2D eigenvalue weighted by Crippen LogP contribution is -2.34. The van der Waals surface area contributed by atoms with Gasteiger partial charge in [0, 0.05) is 12.1 Å². The summed E-state index contributed by atoms with van der Waals surface area (Å²) in [6.07, 6.45) is 6.01. The summed E-state index contributed by atoms with van der Waals surface area (Å²) in [5.41, 5.74) is 1.28. The van der Waals surface area contributed by atoms with Crippen LogP contribution >= 0.6 is 0 Å². The number of benzene rings is 1. The zero-order chi connectivity index (χ0) is 15.1. The van der Waals surface area contributed by atoms with Crippen LogP contribution in [0.15, 0.2) is 36.7 Å². The van der Waals surface area contributed by atoms with Crippen molar-refractivity contribution in [3.63, 3.8) is 0 Å². The Morgan fingerprint density at radius 2 is 2.00 bits per heavy atom. The molecule has 6 nitrogen and oxygen atoms in total. The lowest BCUT2D eigenvalue weighted by Gasteiger charge is -2.25. The van der Waals surface area contributed by atoms with Gasteiger partial charge in [-0.25, -0.2) is 0 Å². The Bertz CT molecular complexity index is 549. The average Bonchev–Trinajstić information content (AvgIpc) is 3.01. The minimum absolute atomic E-state index is 0.0613. The number of para-hydroxylation sites is 1. The van der Waals surface area contributed by atoms with E-state index < -0.39 is 0 Å². The van der Waals surface area contributed by atoms with Crippen molar-refractivity contribution in [2.75, 3.05) is 20.1 Å². The van der Waals surface area contributed by atoms with Gasteiger partial charge in [0.25, 0.3) is 0 Å². The van der Waals surface area contributed by atoms with Gasteiger partial charge in [0.1, 0.15) is 0 Å². The third-order valence-electron chi connectivity index (χ3n) is 3.30. The van der Waals surface area contributed by atoms with Gasteiger partial charge in [-0.15, -0.1) is 0 Å². The number of piperidine rings is 1. The molecule has 21 heavy (non-hydrogen) atoms. The Morgan fingerprint density at radius 3 is 2.57 bits per heavy atom. The van der Waals surface area contributed by atoms with E-state index in [1.807, 2.05) is 13.1 Å². The quantitative estimate of drug-likeness (QED) is 0.839. The molecule has 0 aliphatic carbocycles. The summed E-state index contributed by atoms with van der Waals surface area (Å²) < 4.78 is 0. The van der Waals surface area contributed by atoms with E-state index in [-0.39, 0.29) is 6.10 Å². The van der Waals surface area contributed by atoms with Gasteiger partial charge < -0.3 is 10.0 Å². The number of likely N-dealkylation sites (N-methyl/N-ethyl adjacent to an activating group) is 1. The Hall–Kier alpha value is -2.05. The van der Waals surface area contributed by atoms with E-state index in [9.17, 15) is 4.79 Å². The molecular weight excluding hydrogens is 268 g/mol. The Balaban J connectivity index is 0.000000173. The van der Waals surface area contributed by atoms with E-state index in [2.05, 4.69) is 15.1 Å². The fourth-order valence-corrected chi connectivity index (χ4v) is 2.25. The zero-order valence-electron chi connectivity index (χ0n) is 12.1. The van der Waals surface area contributed by atoms with E-state index in [1.54, 1.807) is 30.6 Å². The number of hydrogen-bond donors (Lipinski definition) is 1. The van der Waals surface area contributed by atoms with Crippen molar-refractivity contribution >= 4 is 6.29 Å². The van der Waals surface area contributed by atoms with Crippen molar-refractivity contribution < 1.29 is 9.90 Å². The highest BCUT2D eigenvalue weighted by Gasteiger charge is 2.12. The van der Waals surface area contributed by atoms with Crippen molar-refractivity contribution in [3.8, 4) is 5.69 Å². The number of aromatic nitrogens is 3. The first-order valence-corrected chi connectivity index (χ1v) is 6.98. The van der Waals surface area contributed by atoms with E-state index in [1.165, 1.54) is 4.80 Å². The molecule has 1 saturated heterocycles. The van der Waals surface area contributed by atoms with Gasteiger partial charge in [0.15, 0.2) is 6.29 Å². The summed E-state index contributed by atoms with van der Waals surface area (Å²) in [4.78, 5) is 14.2. The van der Waals surface area contributed by atoms with Gasteiger partial charge in [0.2, 0.25) is 0 Å². The topological polar surface area (TPSA) is 71.2 Å². The van der Waals surface area contributed by atoms with E-state index >= 15 is 0 Å². The number of nitrogens with zero attached hydrogens (tertiary/aromatic N) is 4. The average molecular weight is 288 g/mol. The van der Waals surface area contributed by atoms with Gasteiger partial charge in [0.05, 0.1) is 24.2 Å². The monoisotopic (exact) mass is 288 g/mol. The predicted octanol–water partition coefficient (Wildman–Crippen LogP) is 1.15. The van der Waals surface area contributed by atoms with Crippen molar-refractivity contribution in [1.82, 2.24) is 19.9 Å². The SMILES string of the molecule is CN1CCCC(O)C1.O=Cc1ccccc1-n1nccn1. The Kier molecular flexibility index (Phi) is 5.59. The molecule has 0 radical (unpaired) electrons. The number of aldehydes is 1. The lowest BCUT2D eigenvalue weighted by atomic mass is 10.1. The molecule has 0 bridgehead atoms. The smallest absolute Gasteiger partial charge is 0.152 e. The number of hydrogen-bond acceptors (Lipinski definition) is 5. The predicted molar refractivity (Wildman–Crippen MR) is 79.5 cm³/mol. The largest absolute Gasteiger partial charge is 0.392 e. The first-order valence-electron chi connectivity index (χ1n) is 6.98. The molecule has 1 aliphatic heterocycles. The normalized spacial score (nSPS) is 18.7. The summed E-state index contributed by atoms with van der Waals surface area (Å²) >= 11 is 0. The molecule has 1 unspecified atom stereocenters. The fourth-order valence-electron chi connectivity index (χ4n) is 2.25. The molecule has 112 valence electrons. The number of aliphatic hydroxyl groups is 1. The molecule has 1 fully saturated rings. The molecule has 2 aromatic rings. The maximum absolute atomic E-state index is 10.7. The van der Waals surface area contributed by atoms with Gasteiger partial charge in [-0.1, -0.05) is 12.1 Å². The zero-order valence-corrected chi connectivity index (χ0v) is 12.1. The van der Waals surface area contributed by atoms with Crippen LogP contribution in [0.1, 0.15) is 23.2 Å². The van der Waals surface area contributed by atoms with Gasteiger partial charge in [-0.05, 0) is 38.6 Å². The summed E-state index contributed by atoms with van der Waals surface area (Å²) in [5, 5.41) is 16.9. The van der Waals surface area contributed by atoms with Gasteiger partial charge >= 0.3 is 0 Å². The number of rotatable bonds is 2. The van der Waals surface area contributed by atoms with Crippen LogP contribution in [0.25, 0.3) is 5.69 Å². The summed E-state index contributed by atoms with van der Waals surface area (Å²) in [6, 6.07) is 7.16. The minimum atomic E-state index is -0.0613. The molecule has 3 rings (SSSR count). The molecular formula is C15H20N4O2. The van der Waals surface area contributed by atoms with Gasteiger partial charge in [-0.2, -0.15) is 15.0 Å². The highest BCUT2D eigenvalue weighted by molar-refractivity contribution is 5.80. The van der Waals surface area contributed by atoms with Crippen LogP contribution in [0.4, 0.5) is 0 Å². The van der Waals surface area contributed by atoms with Crippen LogP contribution in [0.2, 0.25) is 0 Å². The van der Waals surface area contributed by atoms with Crippen LogP contribution in [-0.2, 0) is 0 Å². The standard InChI is InChI=1S/C9H7N3O.C6H13NO/c13-7-8-3-1-2-4-9(8)12-10-5-6-11-12;1-7-4-2-3-6(8)5-7/h1-7H;6,8H,2-5H2,1H3. The first kappa shape index (κ1) is 15.3. The molecule has 0 amide bonds. The Morgan fingerprint density at radius 1 is 1.29 bits per heavy atom. The van der Waals surface area contributed by atoms with E-state index in [4.69, 9.17) is 5.11 Å². The third-order valence-corrected chi connectivity index (χ3v) is 3.30. The van der Waals surface area contributed by atoms with E-state index in [0.717, 1.165) is 32.2 Å². The molecule has 0 spiro atoms. The highest BCUT2D eigenvalue weighted by Crippen LogP contribution is 2.09. The number of carbonyl (C=O) groups excluding carboxylic acids is 1. The van der Waals surface area contributed by atoms with Crippen molar-refractivity contribution in [2.45, 2.75) is 18.9 Å². The van der Waals surface area contributed by atoms with Crippen LogP contribution in [0, 0.1) is 0 Å². The van der Waals surface area contributed by atoms with Gasteiger partial charge in [-0.3, -0.25) is 4.79 Å². The molecule has 1 N–H and O–H groups in total. The van der Waals surface area contributed by atoms with Crippen molar-refractivity contribution in [3.05, 3.63) is 42.2 Å². The molecule has 1 aromatic heterocycles. The molecule has 6 heteroatoms. The number of aliphatic hydroxyl groups excluding tert-OH is 1. The molecule has 1 atom stereocenters. The summed E-state index contributed by atoms with van der Waals surface area (Å²) in [5.74, 6) is 0. The second kappa shape index (κ2) is 7.66. The van der Waals surface area contributed by atoms with Crippen LogP contribution in [0.3, 0.4) is 0 Å². The third kappa shape index (κ3) is 4.47. The maximum Gasteiger partial charge on any atom is 0.152 e. The van der Waals surface area contributed by atoms with Crippen LogP contribution < -0.4 is 0 Å². The number of carbonyl (C=O) groups is 1. The number of likely N-dealkylation sites (tertiary alicyclic amines) is 1. The summed E-state index contributed by atoms with van der Waals surface area (Å²) in [7, 11) is 2.04. The second-order valence-corrected chi connectivity index (χ2v) is 5.05. The Labute approximate surface area is 124 Å². The van der Waals surface area contributed by atoms with Crippen molar-refractivity contribution in [2.24, 2.45) is 0 Å². The highest BCUT2D eigenvalue weighted by atomic mass is 16.3. The minimum Gasteiger partial charge on any atom is -0.392 e. The first-order chi connectivity index (χ1) is 10.2. The van der Waals surface area contributed by atoms with E-state index in [0.29, 0.717) is 11.3 Å². The molecule has 1 aromatic carbocycles. The van der Waals surface area contributed by atoms with Crippen LogP contribution in [-0.4, -0.2) is 57.5 Å². The molecule has 2 heterocycles. The second-order valence-electron chi connectivity index (χ2n) is 5.05. The van der Waals surface area contributed by atoms with Crippen molar-refractivity contribution in [1.29, 1.82) is 0 Å². The molecule has 0 saturated carbocycles. The summed E-state index contributed by atoms with van der Waals surface area (Å²) in [6.45, 7) is 2.01. The maximum atomic E-state index is 10.7. The van der Waals surface area contributed by atoms with Crippen LogP contribution in [0.5, 0.6) is 0 Å². The lowest BCUT2D eigenvalue weighted by molar-refractivity contribution is 0.0846. The fraction of sp³-hybridized carbons (Fsp3) is 0.400. The molecule has 1 aliphatic rings.